The molecule has 0 saturated carbocycles. The van der Waals surface area contributed by atoms with Gasteiger partial charge in [-0.15, -0.1) is 11.8 Å². The van der Waals surface area contributed by atoms with Crippen molar-refractivity contribution in [2.24, 2.45) is 0 Å². The fourth-order valence-electron chi connectivity index (χ4n) is 2.97. The van der Waals surface area contributed by atoms with Crippen LogP contribution >= 0.6 is 11.8 Å². The number of hydrogen-bond acceptors (Lipinski definition) is 3. The first kappa shape index (κ1) is 21.0. The van der Waals surface area contributed by atoms with Crippen LogP contribution in [0.5, 0.6) is 0 Å². The van der Waals surface area contributed by atoms with Crippen molar-refractivity contribution in [2.75, 3.05) is 12.8 Å². The molecule has 0 aliphatic rings. The van der Waals surface area contributed by atoms with Crippen LogP contribution in [-0.2, 0) is 16.1 Å². The van der Waals surface area contributed by atoms with Gasteiger partial charge in [0.15, 0.2) is 0 Å². The highest BCUT2D eigenvalue weighted by atomic mass is 32.2. The van der Waals surface area contributed by atoms with Gasteiger partial charge in [-0.1, -0.05) is 49.4 Å². The van der Waals surface area contributed by atoms with Gasteiger partial charge in [0.1, 0.15) is 6.04 Å². The Morgan fingerprint density at radius 3 is 2.37 bits per heavy atom. The van der Waals surface area contributed by atoms with Crippen LogP contribution in [0.25, 0.3) is 0 Å². The standard InChI is InChI=1S/C22H28N2O2S/c1-4-20(22(26)23-3)24(16-18-11-9-8-10-17(18)2)21(25)14-15-27-19-12-6-5-7-13-19/h5-13,20H,4,14-16H2,1-3H3,(H,23,26)/t20-/m1/s1. The van der Waals surface area contributed by atoms with Crippen molar-refractivity contribution in [1.29, 1.82) is 0 Å². The number of likely N-dealkylation sites (N-methyl/N-ethyl adjacent to an activating group) is 1. The van der Waals surface area contributed by atoms with Gasteiger partial charge in [0, 0.05) is 30.7 Å². The first-order valence-corrected chi connectivity index (χ1v) is 10.3. The van der Waals surface area contributed by atoms with Gasteiger partial charge in [-0.3, -0.25) is 9.59 Å². The van der Waals surface area contributed by atoms with Gasteiger partial charge in [-0.25, -0.2) is 0 Å². The van der Waals surface area contributed by atoms with Crippen molar-refractivity contribution in [3.8, 4) is 0 Å². The highest BCUT2D eigenvalue weighted by molar-refractivity contribution is 7.99. The minimum absolute atomic E-state index is 0.0112. The van der Waals surface area contributed by atoms with Gasteiger partial charge in [0.05, 0.1) is 0 Å². The van der Waals surface area contributed by atoms with Gasteiger partial charge in [0.2, 0.25) is 11.8 Å². The number of nitrogens with zero attached hydrogens (tertiary/aromatic N) is 1. The van der Waals surface area contributed by atoms with E-state index in [1.54, 1.807) is 23.7 Å². The molecule has 4 nitrogen and oxygen atoms in total. The molecule has 0 bridgehead atoms. The summed E-state index contributed by atoms with van der Waals surface area (Å²) in [5, 5.41) is 2.70. The smallest absolute Gasteiger partial charge is 0.242 e. The molecular weight excluding hydrogens is 356 g/mol. The summed E-state index contributed by atoms with van der Waals surface area (Å²) in [4.78, 5) is 28.2. The topological polar surface area (TPSA) is 49.4 Å². The van der Waals surface area contributed by atoms with Crippen LogP contribution in [0.4, 0.5) is 0 Å². The lowest BCUT2D eigenvalue weighted by atomic mass is 10.1. The fraction of sp³-hybridized carbons (Fsp3) is 0.364. The van der Waals surface area contributed by atoms with E-state index in [2.05, 4.69) is 5.32 Å². The van der Waals surface area contributed by atoms with Gasteiger partial charge < -0.3 is 10.2 Å². The van der Waals surface area contributed by atoms with E-state index in [0.717, 1.165) is 16.0 Å². The van der Waals surface area contributed by atoms with Crippen molar-refractivity contribution >= 4 is 23.6 Å². The van der Waals surface area contributed by atoms with E-state index in [9.17, 15) is 9.59 Å². The van der Waals surface area contributed by atoms with Crippen LogP contribution in [0.15, 0.2) is 59.5 Å². The maximum Gasteiger partial charge on any atom is 0.242 e. The molecule has 0 unspecified atom stereocenters. The van der Waals surface area contributed by atoms with Gasteiger partial charge in [-0.2, -0.15) is 0 Å². The second-order valence-corrected chi connectivity index (χ2v) is 7.57. The average molecular weight is 385 g/mol. The highest BCUT2D eigenvalue weighted by Crippen LogP contribution is 2.20. The lowest BCUT2D eigenvalue weighted by Gasteiger charge is -2.30. The molecule has 5 heteroatoms. The van der Waals surface area contributed by atoms with Crippen LogP contribution in [0.2, 0.25) is 0 Å². The number of carbonyl (C=O) groups is 2. The molecule has 0 spiro atoms. The predicted molar refractivity (Wildman–Crippen MR) is 112 cm³/mol. The molecule has 1 N–H and O–H groups in total. The number of hydrogen-bond donors (Lipinski definition) is 1. The first-order chi connectivity index (χ1) is 13.1. The van der Waals surface area contributed by atoms with Crippen molar-refractivity contribution in [1.82, 2.24) is 10.2 Å². The number of carbonyl (C=O) groups excluding carboxylic acids is 2. The normalized spacial score (nSPS) is 11.7. The summed E-state index contributed by atoms with van der Waals surface area (Å²) in [6.07, 6.45) is 0.988. The Morgan fingerprint density at radius 2 is 1.74 bits per heavy atom. The summed E-state index contributed by atoms with van der Waals surface area (Å²) >= 11 is 1.66. The molecule has 27 heavy (non-hydrogen) atoms. The van der Waals surface area contributed by atoms with Crippen LogP contribution in [0.3, 0.4) is 0 Å². The minimum Gasteiger partial charge on any atom is -0.357 e. The largest absolute Gasteiger partial charge is 0.357 e. The fourth-order valence-corrected chi connectivity index (χ4v) is 3.84. The number of benzene rings is 2. The molecule has 0 fully saturated rings. The van der Waals surface area contributed by atoms with Crippen LogP contribution in [-0.4, -0.2) is 35.6 Å². The zero-order valence-corrected chi connectivity index (χ0v) is 17.1. The number of rotatable bonds is 9. The van der Waals surface area contributed by atoms with Gasteiger partial charge in [0.25, 0.3) is 0 Å². The van der Waals surface area contributed by atoms with E-state index in [0.29, 0.717) is 25.1 Å². The highest BCUT2D eigenvalue weighted by Gasteiger charge is 2.27. The number of thioether (sulfide) groups is 1. The molecule has 0 aliphatic carbocycles. The van der Waals surface area contributed by atoms with Crippen molar-refractivity contribution in [3.05, 3.63) is 65.7 Å². The number of amides is 2. The lowest BCUT2D eigenvalue weighted by Crippen LogP contribution is -2.48. The molecule has 1 atom stereocenters. The zero-order chi connectivity index (χ0) is 19.6. The summed E-state index contributed by atoms with van der Waals surface area (Å²) < 4.78 is 0. The summed E-state index contributed by atoms with van der Waals surface area (Å²) in [5.41, 5.74) is 2.20. The molecule has 0 radical (unpaired) electrons. The molecule has 2 rings (SSSR count). The van der Waals surface area contributed by atoms with Crippen molar-refractivity contribution in [3.63, 3.8) is 0 Å². The molecule has 0 aromatic heterocycles. The lowest BCUT2D eigenvalue weighted by molar-refractivity contribution is -0.140. The maximum absolute atomic E-state index is 13.0. The molecule has 2 aromatic rings. The molecule has 0 heterocycles. The van der Waals surface area contributed by atoms with E-state index in [-0.39, 0.29) is 11.8 Å². The third-order valence-electron chi connectivity index (χ3n) is 4.56. The molecule has 144 valence electrons. The van der Waals surface area contributed by atoms with E-state index in [1.807, 2.05) is 68.4 Å². The van der Waals surface area contributed by atoms with Crippen LogP contribution < -0.4 is 5.32 Å². The van der Waals surface area contributed by atoms with Crippen LogP contribution in [0, 0.1) is 6.92 Å². The second-order valence-electron chi connectivity index (χ2n) is 6.40. The van der Waals surface area contributed by atoms with Gasteiger partial charge in [-0.05, 0) is 36.6 Å². The third kappa shape index (κ3) is 6.14. The number of aryl methyl sites for hydroxylation is 1. The second kappa shape index (κ2) is 10.8. The molecule has 0 aliphatic heterocycles. The average Bonchev–Trinajstić information content (AvgIpc) is 2.69. The Hall–Kier alpha value is -2.27. The summed E-state index contributed by atoms with van der Waals surface area (Å²) in [7, 11) is 1.62. The van der Waals surface area contributed by atoms with Gasteiger partial charge >= 0.3 is 0 Å². The van der Waals surface area contributed by atoms with Crippen molar-refractivity contribution < 1.29 is 9.59 Å². The Balaban J connectivity index is 2.11. The Kier molecular flexibility index (Phi) is 8.40. The summed E-state index contributed by atoms with van der Waals surface area (Å²) in [5.74, 6) is 0.587. The quantitative estimate of drug-likeness (QED) is 0.664. The Labute approximate surface area is 166 Å². The SMILES string of the molecule is CC[C@H](C(=O)NC)N(Cc1ccccc1C)C(=O)CCSc1ccccc1. The monoisotopic (exact) mass is 384 g/mol. The third-order valence-corrected chi connectivity index (χ3v) is 5.58. The zero-order valence-electron chi connectivity index (χ0n) is 16.3. The molecule has 0 saturated heterocycles. The summed E-state index contributed by atoms with van der Waals surface area (Å²) in [6, 6.07) is 17.6. The van der Waals surface area contributed by atoms with Crippen LogP contribution in [0.1, 0.15) is 30.9 Å². The Bertz CT molecular complexity index is 749. The minimum atomic E-state index is -0.455. The maximum atomic E-state index is 13.0. The van der Waals surface area contributed by atoms with E-state index < -0.39 is 6.04 Å². The summed E-state index contributed by atoms with van der Waals surface area (Å²) in [6.45, 7) is 4.42. The van der Waals surface area contributed by atoms with E-state index >= 15 is 0 Å². The van der Waals surface area contributed by atoms with E-state index in [4.69, 9.17) is 0 Å². The molecular formula is C22H28N2O2S. The molecule has 2 aromatic carbocycles. The first-order valence-electron chi connectivity index (χ1n) is 9.30. The number of nitrogens with one attached hydrogen (secondary N) is 1. The Morgan fingerprint density at radius 1 is 1.07 bits per heavy atom. The van der Waals surface area contributed by atoms with E-state index in [1.165, 1.54) is 0 Å². The van der Waals surface area contributed by atoms with Crippen molar-refractivity contribution in [2.45, 2.75) is 44.2 Å². The predicted octanol–water partition coefficient (Wildman–Crippen LogP) is 4.03. The molecule has 2 amide bonds.